The van der Waals surface area contributed by atoms with E-state index < -0.39 is 12.0 Å². The minimum absolute atomic E-state index is 0.0427. The fourth-order valence-corrected chi connectivity index (χ4v) is 3.53. The van der Waals surface area contributed by atoms with Crippen molar-refractivity contribution < 1.29 is 19.2 Å². The van der Waals surface area contributed by atoms with Crippen molar-refractivity contribution in [2.24, 2.45) is 5.92 Å². The first-order chi connectivity index (χ1) is 14.2. The van der Waals surface area contributed by atoms with Gasteiger partial charge in [-0.1, -0.05) is 44.8 Å². The van der Waals surface area contributed by atoms with Gasteiger partial charge in [0.15, 0.2) is 5.78 Å². The third-order valence-corrected chi connectivity index (χ3v) is 5.92. The fraction of sp³-hybridized carbons (Fsp3) is 0.545. The summed E-state index contributed by atoms with van der Waals surface area (Å²) in [6.07, 6.45) is 2.05. The first-order valence-corrected chi connectivity index (χ1v) is 12.3. The maximum absolute atomic E-state index is 12.5. The van der Waals surface area contributed by atoms with E-state index in [2.05, 4.69) is 42.5 Å². The summed E-state index contributed by atoms with van der Waals surface area (Å²) in [7, 11) is 0. The van der Waals surface area contributed by atoms with Crippen molar-refractivity contribution >= 4 is 60.9 Å². The van der Waals surface area contributed by atoms with Crippen molar-refractivity contribution in [3.63, 3.8) is 0 Å². The molecule has 1 aromatic carbocycles. The molecule has 0 heterocycles. The molecule has 2 atom stereocenters. The molecule has 0 spiro atoms. The Morgan fingerprint density at radius 3 is 2.03 bits per heavy atom. The smallest absolute Gasteiger partial charge is 0.227 e. The van der Waals surface area contributed by atoms with Gasteiger partial charge < -0.3 is 15.4 Å². The number of rotatable bonds is 13. The average Bonchev–Trinajstić information content (AvgIpc) is 2.70. The molecule has 0 aliphatic heterocycles. The van der Waals surface area contributed by atoms with Gasteiger partial charge in [-0.2, -0.15) is 0 Å². The molecule has 8 heteroatoms. The maximum atomic E-state index is 12.5. The molecule has 2 N–H and O–H groups in total. The maximum Gasteiger partial charge on any atom is 0.227 e. The Hall–Kier alpha value is -1.54. The minimum atomic E-state index is -0.655. The molecule has 2 amide bonds. The van der Waals surface area contributed by atoms with Crippen LogP contribution in [0.2, 0.25) is 0 Å². The van der Waals surface area contributed by atoms with Gasteiger partial charge in [0.2, 0.25) is 11.8 Å². The number of alkyl halides is 2. The molecule has 0 bridgehead atoms. The summed E-state index contributed by atoms with van der Waals surface area (Å²) in [5.41, 5.74) is 2.79. The number of anilines is 1. The molecule has 0 aliphatic rings. The summed E-state index contributed by atoms with van der Waals surface area (Å²) in [4.78, 5) is 47.8. The Morgan fingerprint density at radius 1 is 0.933 bits per heavy atom. The van der Waals surface area contributed by atoms with E-state index in [1.807, 2.05) is 18.2 Å². The van der Waals surface area contributed by atoms with Crippen LogP contribution >= 0.6 is 31.9 Å². The minimum Gasteiger partial charge on any atom is -0.347 e. The summed E-state index contributed by atoms with van der Waals surface area (Å²) in [6.45, 7) is 4.85. The highest BCUT2D eigenvalue weighted by atomic mass is 79.9. The molecule has 6 nitrogen and oxygen atoms in total. The lowest BCUT2D eigenvalue weighted by atomic mass is 9.99. The van der Waals surface area contributed by atoms with Crippen LogP contribution in [0.5, 0.6) is 0 Å². The molecule has 1 aromatic rings. The Labute approximate surface area is 195 Å². The van der Waals surface area contributed by atoms with Crippen LogP contribution in [-0.4, -0.2) is 29.4 Å². The largest absolute Gasteiger partial charge is 0.347 e. The van der Waals surface area contributed by atoms with E-state index in [9.17, 15) is 19.2 Å². The monoisotopic (exact) mass is 544 g/mol. The van der Waals surface area contributed by atoms with Crippen molar-refractivity contribution in [3.05, 3.63) is 29.3 Å². The van der Waals surface area contributed by atoms with E-state index in [4.69, 9.17) is 0 Å². The second kappa shape index (κ2) is 13.7. The zero-order valence-corrected chi connectivity index (χ0v) is 20.9. The van der Waals surface area contributed by atoms with Gasteiger partial charge >= 0.3 is 0 Å². The van der Waals surface area contributed by atoms with Gasteiger partial charge in [-0.15, -0.1) is 0 Å². The fourth-order valence-electron chi connectivity index (χ4n) is 2.88. The van der Waals surface area contributed by atoms with Crippen LogP contribution in [0.15, 0.2) is 18.2 Å². The van der Waals surface area contributed by atoms with Gasteiger partial charge in [-0.25, -0.2) is 0 Å². The second-order valence-corrected chi connectivity index (χ2v) is 8.69. The number of ketones is 2. The van der Waals surface area contributed by atoms with Crippen LogP contribution < -0.4 is 10.6 Å². The van der Waals surface area contributed by atoms with Gasteiger partial charge in [-0.05, 0) is 49.9 Å². The first kappa shape index (κ1) is 26.5. The molecule has 0 saturated heterocycles. The van der Waals surface area contributed by atoms with Crippen LogP contribution in [0.1, 0.15) is 64.0 Å². The van der Waals surface area contributed by atoms with Gasteiger partial charge in [0, 0.05) is 41.5 Å². The molecular formula is C22H30Br2N2O4. The number of carbonyl (C=O) groups excluding carboxylic acids is 4. The standard InChI is InChI=1S/C22H30Br2N2O4/c1-14(22(30)26-19-10-17(12-23)9-18(11-19)13-24)8-20(28)16(3)25-21(29)7-5-4-6-15(2)27/h9-11,14,16H,4-8,12-13H2,1-3H3,(H,25,29)(H,26,30)/t14-,16+/m1/s1. The molecule has 0 aliphatic carbocycles. The quantitative estimate of drug-likeness (QED) is 0.278. The zero-order valence-electron chi connectivity index (χ0n) is 17.7. The number of benzene rings is 1. The van der Waals surface area contributed by atoms with E-state index in [0.29, 0.717) is 35.6 Å². The number of Topliss-reactive ketones (excluding diaryl/α,β-unsaturated/α-hetero) is 2. The number of hydrogen-bond acceptors (Lipinski definition) is 4. The average molecular weight is 546 g/mol. The molecule has 0 unspecified atom stereocenters. The van der Waals surface area contributed by atoms with Crippen LogP contribution in [0, 0.1) is 5.92 Å². The van der Waals surface area contributed by atoms with E-state index in [1.54, 1.807) is 13.8 Å². The highest BCUT2D eigenvalue weighted by molar-refractivity contribution is 9.08. The topological polar surface area (TPSA) is 92.3 Å². The number of nitrogens with one attached hydrogen (secondary N) is 2. The molecule has 0 fully saturated rings. The predicted molar refractivity (Wildman–Crippen MR) is 126 cm³/mol. The summed E-state index contributed by atoms with van der Waals surface area (Å²) in [6, 6.07) is 5.17. The lowest BCUT2D eigenvalue weighted by Gasteiger charge is -2.17. The third kappa shape index (κ3) is 9.98. The van der Waals surface area contributed by atoms with E-state index in [-0.39, 0.29) is 36.2 Å². The third-order valence-electron chi connectivity index (χ3n) is 4.63. The predicted octanol–water partition coefficient (Wildman–Crippen LogP) is 4.66. The van der Waals surface area contributed by atoms with Gasteiger partial charge in [0.25, 0.3) is 0 Å². The summed E-state index contributed by atoms with van der Waals surface area (Å²) >= 11 is 6.84. The molecule has 0 aromatic heterocycles. The zero-order chi connectivity index (χ0) is 22.7. The van der Waals surface area contributed by atoms with Crippen molar-refractivity contribution in [1.82, 2.24) is 5.32 Å². The Balaban J connectivity index is 2.51. The molecular weight excluding hydrogens is 516 g/mol. The molecule has 0 radical (unpaired) electrons. The Kier molecular flexibility index (Phi) is 12.1. The highest BCUT2D eigenvalue weighted by Gasteiger charge is 2.22. The normalized spacial score (nSPS) is 12.7. The SMILES string of the molecule is CC(=O)CCCCC(=O)N[C@@H](C)C(=O)C[C@@H](C)C(=O)Nc1cc(CBr)cc(CBr)c1. The lowest BCUT2D eigenvalue weighted by Crippen LogP contribution is -2.39. The van der Waals surface area contributed by atoms with E-state index in [1.165, 1.54) is 6.92 Å². The second-order valence-electron chi connectivity index (χ2n) is 7.56. The number of unbranched alkanes of at least 4 members (excludes halogenated alkanes) is 1. The van der Waals surface area contributed by atoms with Crippen molar-refractivity contribution in [3.8, 4) is 0 Å². The van der Waals surface area contributed by atoms with Crippen molar-refractivity contribution in [2.45, 2.75) is 69.6 Å². The highest BCUT2D eigenvalue weighted by Crippen LogP contribution is 2.20. The van der Waals surface area contributed by atoms with Crippen molar-refractivity contribution in [1.29, 1.82) is 0 Å². The lowest BCUT2D eigenvalue weighted by molar-refractivity contribution is -0.129. The van der Waals surface area contributed by atoms with Crippen LogP contribution in [0.25, 0.3) is 0 Å². The molecule has 166 valence electrons. The summed E-state index contributed by atoms with van der Waals surface area (Å²) < 4.78 is 0. The van der Waals surface area contributed by atoms with E-state index in [0.717, 1.165) is 11.1 Å². The van der Waals surface area contributed by atoms with Gasteiger partial charge in [-0.3, -0.25) is 14.4 Å². The number of carbonyl (C=O) groups is 4. The molecule has 30 heavy (non-hydrogen) atoms. The number of amides is 2. The Morgan fingerprint density at radius 2 is 1.50 bits per heavy atom. The first-order valence-electron chi connectivity index (χ1n) is 10.0. The molecule has 1 rings (SSSR count). The van der Waals surface area contributed by atoms with Gasteiger partial charge in [0.1, 0.15) is 5.78 Å². The van der Waals surface area contributed by atoms with Crippen LogP contribution in [0.4, 0.5) is 5.69 Å². The van der Waals surface area contributed by atoms with E-state index >= 15 is 0 Å². The Bertz CT molecular complexity index is 745. The summed E-state index contributed by atoms with van der Waals surface area (Å²) in [5.74, 6) is -1.06. The number of halogens is 2. The van der Waals surface area contributed by atoms with Crippen molar-refractivity contribution in [2.75, 3.05) is 5.32 Å². The van der Waals surface area contributed by atoms with Gasteiger partial charge in [0.05, 0.1) is 6.04 Å². The van der Waals surface area contributed by atoms with Crippen LogP contribution in [0.3, 0.4) is 0 Å². The van der Waals surface area contributed by atoms with Crippen LogP contribution in [-0.2, 0) is 29.8 Å². The number of hydrogen-bond donors (Lipinski definition) is 2. The summed E-state index contributed by atoms with van der Waals surface area (Å²) in [5, 5.41) is 6.90. The molecule has 0 saturated carbocycles.